The van der Waals surface area contributed by atoms with E-state index in [1.54, 1.807) is 55.5 Å². The van der Waals surface area contributed by atoms with Crippen molar-refractivity contribution in [1.29, 1.82) is 0 Å². The van der Waals surface area contributed by atoms with Crippen LogP contribution in [0.25, 0.3) is 0 Å². The van der Waals surface area contributed by atoms with Gasteiger partial charge in [0, 0.05) is 39.6 Å². The number of anilines is 1. The quantitative estimate of drug-likeness (QED) is 0.169. The van der Waals surface area contributed by atoms with Crippen LogP contribution < -0.4 is 9.62 Å². The molecular formula is C34H34Cl3N3O4S. The predicted octanol–water partition coefficient (Wildman–Crippen LogP) is 7.32. The van der Waals surface area contributed by atoms with Crippen molar-refractivity contribution in [3.8, 4) is 0 Å². The summed E-state index contributed by atoms with van der Waals surface area (Å²) in [5.74, 6) is -1.04. The molecule has 0 saturated heterocycles. The van der Waals surface area contributed by atoms with Gasteiger partial charge in [0.25, 0.3) is 10.0 Å². The normalized spacial score (nSPS) is 12.1. The maximum atomic E-state index is 14.5. The van der Waals surface area contributed by atoms with E-state index in [-0.39, 0.29) is 29.6 Å². The van der Waals surface area contributed by atoms with Crippen LogP contribution in [0.5, 0.6) is 0 Å². The molecule has 0 bridgehead atoms. The third-order valence-electron chi connectivity index (χ3n) is 7.15. The SMILES string of the molecule is Cc1ccc(N(CC(=O)N(Cc2c(Cl)cccc2Cl)[C@@H](Cc2ccccc2)C(=O)NC(C)C)S(=O)(=O)c2ccccc2)cc1Cl. The number of halogens is 3. The van der Waals surface area contributed by atoms with Crippen LogP contribution in [0, 0.1) is 6.92 Å². The van der Waals surface area contributed by atoms with Gasteiger partial charge in [-0.3, -0.25) is 13.9 Å². The zero-order valence-corrected chi connectivity index (χ0v) is 28.2. The molecule has 11 heteroatoms. The van der Waals surface area contributed by atoms with Gasteiger partial charge < -0.3 is 10.2 Å². The number of aryl methyl sites for hydroxylation is 1. The van der Waals surface area contributed by atoms with Gasteiger partial charge in [0.2, 0.25) is 11.8 Å². The first-order chi connectivity index (χ1) is 21.4. The van der Waals surface area contributed by atoms with Gasteiger partial charge in [-0.05, 0) is 68.3 Å². The minimum Gasteiger partial charge on any atom is -0.352 e. The van der Waals surface area contributed by atoms with Crippen molar-refractivity contribution in [1.82, 2.24) is 10.2 Å². The van der Waals surface area contributed by atoms with Crippen molar-refractivity contribution in [2.45, 2.75) is 50.7 Å². The van der Waals surface area contributed by atoms with Crippen LogP contribution in [0.2, 0.25) is 15.1 Å². The summed E-state index contributed by atoms with van der Waals surface area (Å²) in [6.07, 6.45) is 0.162. The molecule has 0 saturated carbocycles. The maximum absolute atomic E-state index is 14.5. The van der Waals surface area contributed by atoms with Crippen molar-refractivity contribution in [3.63, 3.8) is 0 Å². The average molecular weight is 687 g/mol. The van der Waals surface area contributed by atoms with Crippen molar-refractivity contribution in [3.05, 3.63) is 129 Å². The Morgan fingerprint density at radius 3 is 1.98 bits per heavy atom. The molecule has 4 aromatic carbocycles. The second-order valence-electron chi connectivity index (χ2n) is 10.8. The molecular weight excluding hydrogens is 653 g/mol. The average Bonchev–Trinajstić information content (AvgIpc) is 3.00. The van der Waals surface area contributed by atoms with Crippen LogP contribution in [0.1, 0.15) is 30.5 Å². The summed E-state index contributed by atoms with van der Waals surface area (Å²) in [5.41, 5.74) is 2.18. The van der Waals surface area contributed by atoms with E-state index in [1.165, 1.54) is 23.1 Å². The second-order valence-corrected chi connectivity index (χ2v) is 13.9. The highest BCUT2D eigenvalue weighted by molar-refractivity contribution is 7.92. The Morgan fingerprint density at radius 1 is 0.800 bits per heavy atom. The lowest BCUT2D eigenvalue weighted by Gasteiger charge is -2.34. The molecule has 0 aliphatic heterocycles. The minimum absolute atomic E-state index is 0.00594. The Morgan fingerprint density at radius 2 is 1.40 bits per heavy atom. The van der Waals surface area contributed by atoms with E-state index in [4.69, 9.17) is 34.8 Å². The van der Waals surface area contributed by atoms with E-state index in [1.807, 2.05) is 44.2 Å². The molecule has 0 unspecified atom stereocenters. The maximum Gasteiger partial charge on any atom is 0.264 e. The number of hydrogen-bond acceptors (Lipinski definition) is 4. The number of sulfonamides is 1. The molecule has 45 heavy (non-hydrogen) atoms. The molecule has 1 atom stereocenters. The summed E-state index contributed by atoms with van der Waals surface area (Å²) in [6, 6.07) is 25.6. The lowest BCUT2D eigenvalue weighted by atomic mass is 10.0. The lowest BCUT2D eigenvalue weighted by molar-refractivity contribution is -0.140. The number of benzene rings is 4. The fourth-order valence-electron chi connectivity index (χ4n) is 4.77. The Balaban J connectivity index is 1.85. The fraction of sp³-hybridized carbons (Fsp3) is 0.235. The number of hydrogen-bond donors (Lipinski definition) is 1. The molecule has 0 fully saturated rings. The predicted molar refractivity (Wildman–Crippen MR) is 181 cm³/mol. The molecule has 0 aliphatic rings. The van der Waals surface area contributed by atoms with Crippen LogP contribution in [0.3, 0.4) is 0 Å². The van der Waals surface area contributed by atoms with Gasteiger partial charge in [0.05, 0.1) is 10.6 Å². The lowest BCUT2D eigenvalue weighted by Crippen LogP contribution is -2.54. The molecule has 4 aromatic rings. The first-order valence-corrected chi connectivity index (χ1v) is 16.9. The van der Waals surface area contributed by atoms with Crippen molar-refractivity contribution < 1.29 is 18.0 Å². The molecule has 0 heterocycles. The van der Waals surface area contributed by atoms with E-state index >= 15 is 0 Å². The van der Waals surface area contributed by atoms with E-state index in [0.717, 1.165) is 15.4 Å². The van der Waals surface area contributed by atoms with Crippen LogP contribution >= 0.6 is 34.8 Å². The second kappa shape index (κ2) is 15.1. The van der Waals surface area contributed by atoms with Gasteiger partial charge >= 0.3 is 0 Å². The molecule has 0 spiro atoms. The molecule has 4 rings (SSSR count). The number of rotatable bonds is 12. The zero-order chi connectivity index (χ0) is 32.7. The smallest absolute Gasteiger partial charge is 0.264 e. The first kappa shape index (κ1) is 34.3. The van der Waals surface area contributed by atoms with E-state index in [9.17, 15) is 18.0 Å². The van der Waals surface area contributed by atoms with Gasteiger partial charge in [-0.25, -0.2) is 8.42 Å². The highest BCUT2D eigenvalue weighted by Crippen LogP contribution is 2.30. The number of carbonyl (C=O) groups excluding carboxylic acids is 2. The van der Waals surface area contributed by atoms with Crippen molar-refractivity contribution in [2.24, 2.45) is 0 Å². The van der Waals surface area contributed by atoms with Crippen molar-refractivity contribution in [2.75, 3.05) is 10.8 Å². The molecule has 0 aromatic heterocycles. The van der Waals surface area contributed by atoms with E-state index in [2.05, 4.69) is 5.32 Å². The Bertz CT molecular complexity index is 1730. The highest BCUT2D eigenvalue weighted by Gasteiger charge is 2.35. The number of amides is 2. The summed E-state index contributed by atoms with van der Waals surface area (Å²) in [6.45, 7) is 4.67. The monoisotopic (exact) mass is 685 g/mol. The molecule has 236 valence electrons. The van der Waals surface area contributed by atoms with Crippen molar-refractivity contribution >= 4 is 62.3 Å². The minimum atomic E-state index is -4.25. The molecule has 2 amide bonds. The highest BCUT2D eigenvalue weighted by atomic mass is 35.5. The number of nitrogens with one attached hydrogen (secondary N) is 1. The topological polar surface area (TPSA) is 86.8 Å². The summed E-state index contributed by atoms with van der Waals surface area (Å²) >= 11 is 19.5. The Hall–Kier alpha value is -3.56. The largest absolute Gasteiger partial charge is 0.352 e. The summed E-state index contributed by atoms with van der Waals surface area (Å²) in [4.78, 5) is 29.7. The molecule has 1 N–H and O–H groups in total. The molecule has 0 aliphatic carbocycles. The van der Waals surface area contributed by atoms with Crippen LogP contribution in [-0.4, -0.2) is 43.8 Å². The van der Waals surface area contributed by atoms with Gasteiger partial charge in [-0.15, -0.1) is 0 Å². The van der Waals surface area contributed by atoms with Crippen LogP contribution in [-0.2, 0) is 32.6 Å². The molecule has 7 nitrogen and oxygen atoms in total. The van der Waals surface area contributed by atoms with Crippen LogP contribution in [0.4, 0.5) is 5.69 Å². The fourth-order valence-corrected chi connectivity index (χ4v) is 6.89. The third kappa shape index (κ3) is 8.58. The Labute approximate surface area is 279 Å². The summed E-state index contributed by atoms with van der Waals surface area (Å²) < 4.78 is 29.2. The standard InChI is InChI=1S/C34H34Cl3N3O4S/c1-23(2)38-34(42)32(19-25-11-6-4-7-12-25)39(21-28-29(35)15-10-16-30(28)36)33(41)22-40(26-18-17-24(3)31(37)20-26)45(43,44)27-13-8-5-9-14-27/h4-18,20,23,32H,19,21-22H2,1-3H3,(H,38,42)/t32-/m0/s1. The third-order valence-corrected chi connectivity index (χ3v) is 10.0. The number of nitrogens with zero attached hydrogens (tertiary/aromatic N) is 2. The first-order valence-electron chi connectivity index (χ1n) is 14.3. The summed E-state index contributed by atoms with van der Waals surface area (Å²) in [5, 5.41) is 3.87. The van der Waals surface area contributed by atoms with Gasteiger partial charge in [0.15, 0.2) is 0 Å². The summed E-state index contributed by atoms with van der Waals surface area (Å²) in [7, 11) is -4.25. The Kier molecular flexibility index (Phi) is 11.6. The zero-order valence-electron chi connectivity index (χ0n) is 25.1. The van der Waals surface area contributed by atoms with Gasteiger partial charge in [0.1, 0.15) is 12.6 Å². The van der Waals surface area contributed by atoms with Gasteiger partial charge in [-0.2, -0.15) is 0 Å². The van der Waals surface area contributed by atoms with E-state index in [0.29, 0.717) is 20.6 Å². The van der Waals surface area contributed by atoms with Crippen LogP contribution in [0.15, 0.2) is 102 Å². The number of carbonyl (C=O) groups is 2. The van der Waals surface area contributed by atoms with E-state index < -0.39 is 34.4 Å². The van der Waals surface area contributed by atoms with Gasteiger partial charge in [-0.1, -0.05) is 95.5 Å². The molecule has 0 radical (unpaired) electrons.